The molecule has 0 N–H and O–H groups in total. The quantitative estimate of drug-likeness (QED) is 0.316. The molecule has 0 atom stereocenters. The van der Waals surface area contributed by atoms with Crippen LogP contribution in [0.15, 0.2) is 54.6 Å². The molecule has 4 aromatic rings. The van der Waals surface area contributed by atoms with Crippen LogP contribution >= 0.6 is 0 Å². The molecule has 0 saturated carbocycles. The van der Waals surface area contributed by atoms with Crippen LogP contribution in [0.1, 0.15) is 26.2 Å². The van der Waals surface area contributed by atoms with E-state index in [1.54, 1.807) is 0 Å². The highest BCUT2D eigenvalue weighted by Crippen LogP contribution is 2.38. The Morgan fingerprint density at radius 1 is 0.727 bits per heavy atom. The zero-order valence-corrected chi connectivity index (χ0v) is 12.9. The summed E-state index contributed by atoms with van der Waals surface area (Å²) in [6.45, 7) is 3.02. The van der Waals surface area contributed by atoms with Crippen LogP contribution in [0.4, 0.5) is 0 Å². The number of ether oxygens (including phenoxy) is 1. The van der Waals surface area contributed by atoms with Gasteiger partial charge >= 0.3 is 0 Å². The molecule has 0 amide bonds. The van der Waals surface area contributed by atoms with Crippen LogP contribution in [0, 0.1) is 0 Å². The molecule has 0 heterocycles. The lowest BCUT2D eigenvalue weighted by molar-refractivity contribution is 0.310. The molecule has 4 rings (SSSR count). The number of hydrogen-bond donors (Lipinski definition) is 0. The van der Waals surface area contributed by atoms with Gasteiger partial charge in [0.25, 0.3) is 0 Å². The minimum atomic E-state index is 0.803. The minimum absolute atomic E-state index is 0.803. The molecule has 4 aromatic carbocycles. The fourth-order valence-electron chi connectivity index (χ4n) is 3.37. The standard InChI is InChI=1S/C21H20O/c1-2-3-4-14-22-19-13-11-17-9-8-15-6-5-7-16-10-12-18(19)21(17)20(15)16/h5-13H,2-4,14H2,1H3. The number of benzene rings is 4. The third-order valence-electron chi connectivity index (χ3n) is 4.49. The fourth-order valence-corrected chi connectivity index (χ4v) is 3.37. The van der Waals surface area contributed by atoms with E-state index in [2.05, 4.69) is 61.5 Å². The van der Waals surface area contributed by atoms with Gasteiger partial charge in [0.05, 0.1) is 6.61 Å². The van der Waals surface area contributed by atoms with Gasteiger partial charge in [0, 0.05) is 10.8 Å². The van der Waals surface area contributed by atoms with Crippen LogP contribution < -0.4 is 4.74 Å². The second kappa shape index (κ2) is 5.49. The van der Waals surface area contributed by atoms with E-state index in [9.17, 15) is 0 Å². The lowest BCUT2D eigenvalue weighted by Crippen LogP contribution is -1.98. The monoisotopic (exact) mass is 288 g/mol. The Bertz CT molecular complexity index is 907. The van der Waals surface area contributed by atoms with Gasteiger partial charge in [-0.2, -0.15) is 0 Å². The van der Waals surface area contributed by atoms with Crippen molar-refractivity contribution in [2.24, 2.45) is 0 Å². The first kappa shape index (κ1) is 13.4. The molecular weight excluding hydrogens is 268 g/mol. The molecule has 110 valence electrons. The van der Waals surface area contributed by atoms with Gasteiger partial charge in [0.15, 0.2) is 0 Å². The SMILES string of the molecule is CCCCCOc1ccc2ccc3cccc4ccc1c2c34. The van der Waals surface area contributed by atoms with Crippen molar-refractivity contribution in [3.05, 3.63) is 54.6 Å². The zero-order valence-electron chi connectivity index (χ0n) is 12.9. The topological polar surface area (TPSA) is 9.23 Å². The van der Waals surface area contributed by atoms with E-state index in [-0.39, 0.29) is 0 Å². The van der Waals surface area contributed by atoms with E-state index in [4.69, 9.17) is 4.74 Å². The Hall–Kier alpha value is -2.28. The van der Waals surface area contributed by atoms with Crippen LogP contribution in [0.5, 0.6) is 5.75 Å². The highest BCUT2D eigenvalue weighted by Gasteiger charge is 2.11. The van der Waals surface area contributed by atoms with Crippen LogP contribution in [-0.2, 0) is 0 Å². The van der Waals surface area contributed by atoms with Crippen molar-refractivity contribution in [3.8, 4) is 5.75 Å². The van der Waals surface area contributed by atoms with Gasteiger partial charge in [0.1, 0.15) is 5.75 Å². The summed E-state index contributed by atoms with van der Waals surface area (Å²) in [5.41, 5.74) is 0. The summed E-state index contributed by atoms with van der Waals surface area (Å²) >= 11 is 0. The summed E-state index contributed by atoms with van der Waals surface area (Å²) in [4.78, 5) is 0. The molecule has 1 nitrogen and oxygen atoms in total. The van der Waals surface area contributed by atoms with E-state index in [0.29, 0.717) is 0 Å². The Kier molecular flexibility index (Phi) is 3.34. The van der Waals surface area contributed by atoms with E-state index in [1.807, 2.05) is 0 Å². The van der Waals surface area contributed by atoms with Crippen LogP contribution in [-0.4, -0.2) is 6.61 Å². The molecule has 0 fully saturated rings. The maximum absolute atomic E-state index is 6.07. The van der Waals surface area contributed by atoms with E-state index in [0.717, 1.165) is 18.8 Å². The van der Waals surface area contributed by atoms with Crippen LogP contribution in [0.2, 0.25) is 0 Å². The Labute approximate surface area is 130 Å². The molecule has 0 unspecified atom stereocenters. The van der Waals surface area contributed by atoms with E-state index < -0.39 is 0 Å². The van der Waals surface area contributed by atoms with Crippen molar-refractivity contribution < 1.29 is 4.74 Å². The first-order valence-corrected chi connectivity index (χ1v) is 8.18. The van der Waals surface area contributed by atoms with Gasteiger partial charge in [-0.15, -0.1) is 0 Å². The van der Waals surface area contributed by atoms with Crippen molar-refractivity contribution in [3.63, 3.8) is 0 Å². The molecule has 1 heteroatoms. The first-order valence-electron chi connectivity index (χ1n) is 8.18. The summed E-state index contributed by atoms with van der Waals surface area (Å²) in [5, 5.41) is 7.83. The maximum Gasteiger partial charge on any atom is 0.127 e. The molecular formula is C21H20O. The van der Waals surface area contributed by atoms with Crippen molar-refractivity contribution in [2.75, 3.05) is 6.61 Å². The van der Waals surface area contributed by atoms with Crippen LogP contribution in [0.25, 0.3) is 32.3 Å². The van der Waals surface area contributed by atoms with Crippen LogP contribution in [0.3, 0.4) is 0 Å². The molecule has 0 saturated heterocycles. The van der Waals surface area contributed by atoms with Gasteiger partial charge in [-0.3, -0.25) is 0 Å². The molecule has 0 aliphatic rings. The fraction of sp³-hybridized carbons (Fsp3) is 0.238. The molecule has 22 heavy (non-hydrogen) atoms. The average Bonchev–Trinajstić information content (AvgIpc) is 2.57. The average molecular weight is 288 g/mol. The smallest absolute Gasteiger partial charge is 0.127 e. The molecule has 0 aliphatic carbocycles. The van der Waals surface area contributed by atoms with E-state index >= 15 is 0 Å². The predicted octanol–water partition coefficient (Wildman–Crippen LogP) is 6.15. The predicted molar refractivity (Wildman–Crippen MR) is 95.2 cm³/mol. The largest absolute Gasteiger partial charge is 0.493 e. The summed E-state index contributed by atoms with van der Waals surface area (Å²) in [5.74, 6) is 1.02. The molecule has 0 radical (unpaired) electrons. The van der Waals surface area contributed by atoms with Crippen molar-refractivity contribution in [2.45, 2.75) is 26.2 Å². The summed E-state index contributed by atoms with van der Waals surface area (Å²) in [6.07, 6.45) is 3.58. The maximum atomic E-state index is 6.07. The highest BCUT2D eigenvalue weighted by molar-refractivity contribution is 6.24. The van der Waals surface area contributed by atoms with Gasteiger partial charge in [-0.25, -0.2) is 0 Å². The van der Waals surface area contributed by atoms with Gasteiger partial charge in [-0.05, 0) is 40.1 Å². The second-order valence-electron chi connectivity index (χ2n) is 5.98. The third-order valence-corrected chi connectivity index (χ3v) is 4.49. The normalized spacial score (nSPS) is 11.7. The van der Waals surface area contributed by atoms with Crippen molar-refractivity contribution in [1.29, 1.82) is 0 Å². The lowest BCUT2D eigenvalue weighted by Gasteiger charge is -2.14. The summed E-state index contributed by atoms with van der Waals surface area (Å²) in [6, 6.07) is 19.7. The first-order chi connectivity index (χ1) is 10.9. The number of unbranched alkanes of at least 4 members (excludes halogenated alkanes) is 2. The number of hydrogen-bond acceptors (Lipinski definition) is 1. The van der Waals surface area contributed by atoms with E-state index in [1.165, 1.54) is 45.2 Å². The van der Waals surface area contributed by atoms with Crippen molar-refractivity contribution in [1.82, 2.24) is 0 Å². The lowest BCUT2D eigenvalue weighted by atomic mass is 9.94. The molecule has 0 spiro atoms. The van der Waals surface area contributed by atoms with Gasteiger partial charge in [-0.1, -0.05) is 62.2 Å². The highest BCUT2D eigenvalue weighted by atomic mass is 16.5. The Balaban J connectivity index is 1.89. The Morgan fingerprint density at radius 2 is 1.41 bits per heavy atom. The molecule has 0 aliphatic heterocycles. The van der Waals surface area contributed by atoms with Crippen molar-refractivity contribution >= 4 is 32.3 Å². The Morgan fingerprint density at radius 3 is 2.18 bits per heavy atom. The molecule has 0 bridgehead atoms. The minimum Gasteiger partial charge on any atom is -0.493 e. The zero-order chi connectivity index (χ0) is 14.9. The molecule has 0 aromatic heterocycles. The third kappa shape index (κ3) is 2.09. The van der Waals surface area contributed by atoms with Gasteiger partial charge in [0.2, 0.25) is 0 Å². The number of rotatable bonds is 5. The second-order valence-corrected chi connectivity index (χ2v) is 5.98. The summed E-state index contributed by atoms with van der Waals surface area (Å²) < 4.78 is 6.07. The summed E-state index contributed by atoms with van der Waals surface area (Å²) in [7, 11) is 0. The van der Waals surface area contributed by atoms with Gasteiger partial charge < -0.3 is 4.74 Å².